The maximum absolute atomic E-state index is 14.2. The van der Waals surface area contributed by atoms with Gasteiger partial charge >= 0.3 is 0 Å². The smallest absolute Gasteiger partial charge is 0.266 e. The minimum Gasteiger partial charge on any atom is -0.268 e. The highest BCUT2D eigenvalue weighted by atomic mass is 19.1. The first-order valence-electron chi connectivity index (χ1n) is 7.87. The molecule has 3 aromatic rings. The first-order chi connectivity index (χ1) is 11.7. The Labute approximate surface area is 137 Å². The number of para-hydroxylation sites is 1. The Morgan fingerprint density at radius 2 is 1.33 bits per heavy atom. The molecule has 0 saturated carbocycles. The molecule has 0 radical (unpaired) electrons. The fourth-order valence-electron chi connectivity index (χ4n) is 3.87. The molecular weight excluding hydrogens is 305 g/mol. The lowest BCUT2D eigenvalue weighted by Crippen LogP contribution is -2.41. The zero-order valence-corrected chi connectivity index (χ0v) is 12.7. The van der Waals surface area contributed by atoms with Crippen LogP contribution in [0.5, 0.6) is 0 Å². The standard InChI is InChI=1S/C20H12FNO2/c21-15-3-1-2-4-16(15)22-19(23)13-9-7-11-5-6-12-8-10-14(20(22)24)18(13)17(11)12/h1-4,7-10H,5-6H2. The third-order valence-corrected chi connectivity index (χ3v) is 4.96. The summed E-state index contributed by atoms with van der Waals surface area (Å²) < 4.78 is 14.2. The highest BCUT2D eigenvalue weighted by Crippen LogP contribution is 2.39. The summed E-state index contributed by atoms with van der Waals surface area (Å²) in [5.41, 5.74) is 3.27. The maximum Gasteiger partial charge on any atom is 0.266 e. The number of nitrogens with zero attached hydrogens (tertiary/aromatic N) is 1. The van der Waals surface area contributed by atoms with E-state index in [1.807, 2.05) is 12.1 Å². The van der Waals surface area contributed by atoms with Gasteiger partial charge in [0.2, 0.25) is 0 Å². The number of carbonyl (C=O) groups excluding carboxylic acids is 2. The molecule has 0 atom stereocenters. The van der Waals surface area contributed by atoms with Gasteiger partial charge in [-0.25, -0.2) is 9.29 Å². The molecule has 0 bridgehead atoms. The monoisotopic (exact) mass is 317 g/mol. The molecule has 1 heterocycles. The highest BCUT2D eigenvalue weighted by Gasteiger charge is 2.36. The normalized spacial score (nSPS) is 15.5. The van der Waals surface area contributed by atoms with Crippen LogP contribution in [-0.4, -0.2) is 11.8 Å². The first kappa shape index (κ1) is 13.4. The van der Waals surface area contributed by atoms with Crippen molar-refractivity contribution in [3.05, 3.63) is 76.6 Å². The summed E-state index contributed by atoms with van der Waals surface area (Å²) in [5, 5.41) is 1.75. The Kier molecular flexibility index (Phi) is 2.52. The van der Waals surface area contributed by atoms with Crippen LogP contribution < -0.4 is 4.90 Å². The van der Waals surface area contributed by atoms with Crippen LogP contribution in [0, 0.1) is 5.82 Å². The minimum absolute atomic E-state index is 0.00525. The van der Waals surface area contributed by atoms with Crippen LogP contribution in [0.15, 0.2) is 48.5 Å². The molecule has 24 heavy (non-hydrogen) atoms. The second-order valence-electron chi connectivity index (χ2n) is 6.19. The number of amides is 2. The second kappa shape index (κ2) is 4.51. The maximum atomic E-state index is 14.2. The van der Waals surface area contributed by atoms with Crippen molar-refractivity contribution >= 4 is 28.3 Å². The van der Waals surface area contributed by atoms with Crippen molar-refractivity contribution in [1.82, 2.24) is 0 Å². The number of benzene rings is 3. The number of hydrogen-bond donors (Lipinski definition) is 0. The quantitative estimate of drug-likeness (QED) is 0.639. The molecule has 5 rings (SSSR count). The molecular formula is C20H12FNO2. The Bertz CT molecular complexity index is 1010. The predicted octanol–water partition coefficient (Wildman–Crippen LogP) is 3.88. The zero-order chi connectivity index (χ0) is 16.4. The predicted molar refractivity (Wildman–Crippen MR) is 88.9 cm³/mol. The van der Waals surface area contributed by atoms with E-state index in [4.69, 9.17) is 0 Å². The summed E-state index contributed by atoms with van der Waals surface area (Å²) >= 11 is 0. The van der Waals surface area contributed by atoms with E-state index in [0.29, 0.717) is 11.1 Å². The average molecular weight is 317 g/mol. The summed E-state index contributed by atoms with van der Waals surface area (Å²) in [6.45, 7) is 0. The number of carbonyl (C=O) groups is 2. The lowest BCUT2D eigenvalue weighted by molar-refractivity contribution is 0.0892. The van der Waals surface area contributed by atoms with Gasteiger partial charge in [-0.15, -0.1) is 0 Å². The van der Waals surface area contributed by atoms with Gasteiger partial charge in [0, 0.05) is 16.5 Å². The van der Waals surface area contributed by atoms with Crippen molar-refractivity contribution in [2.24, 2.45) is 0 Å². The molecule has 1 aliphatic heterocycles. The Morgan fingerprint density at radius 1 is 0.750 bits per heavy atom. The third-order valence-electron chi connectivity index (χ3n) is 4.96. The van der Waals surface area contributed by atoms with Gasteiger partial charge in [0.05, 0.1) is 5.69 Å². The number of hydrogen-bond acceptors (Lipinski definition) is 2. The molecule has 0 aromatic heterocycles. The zero-order valence-electron chi connectivity index (χ0n) is 12.7. The molecule has 3 nitrogen and oxygen atoms in total. The molecule has 0 unspecified atom stereocenters. The van der Waals surface area contributed by atoms with Crippen LogP contribution in [0.4, 0.5) is 10.1 Å². The molecule has 116 valence electrons. The van der Waals surface area contributed by atoms with Crippen molar-refractivity contribution < 1.29 is 14.0 Å². The molecule has 0 N–H and O–H groups in total. The van der Waals surface area contributed by atoms with Crippen molar-refractivity contribution in [3.8, 4) is 0 Å². The summed E-state index contributed by atoms with van der Waals surface area (Å²) in [7, 11) is 0. The fourth-order valence-corrected chi connectivity index (χ4v) is 3.87. The largest absolute Gasteiger partial charge is 0.268 e. The van der Waals surface area contributed by atoms with E-state index in [0.717, 1.165) is 28.5 Å². The Balaban J connectivity index is 1.83. The van der Waals surface area contributed by atoms with Crippen molar-refractivity contribution in [2.75, 3.05) is 4.90 Å². The average Bonchev–Trinajstić information content (AvgIpc) is 3.01. The summed E-state index contributed by atoms with van der Waals surface area (Å²) in [6.07, 6.45) is 1.85. The molecule has 0 fully saturated rings. The molecule has 0 spiro atoms. The summed E-state index contributed by atoms with van der Waals surface area (Å²) in [6, 6.07) is 13.3. The second-order valence-corrected chi connectivity index (χ2v) is 6.19. The SMILES string of the molecule is O=C1c2ccc3c4c(ccc(c24)C(=O)N1c1ccccc1F)CC3. The molecule has 3 aromatic carbocycles. The molecule has 2 aliphatic rings. The van der Waals surface area contributed by atoms with Crippen LogP contribution in [0.3, 0.4) is 0 Å². The van der Waals surface area contributed by atoms with Crippen molar-refractivity contribution in [2.45, 2.75) is 12.8 Å². The number of anilines is 1. The van der Waals surface area contributed by atoms with E-state index >= 15 is 0 Å². The van der Waals surface area contributed by atoms with Crippen molar-refractivity contribution in [3.63, 3.8) is 0 Å². The lowest BCUT2D eigenvalue weighted by Gasteiger charge is -2.27. The molecule has 1 aliphatic carbocycles. The van der Waals surface area contributed by atoms with Gasteiger partial charge in [-0.1, -0.05) is 24.3 Å². The number of halogens is 1. The Morgan fingerprint density at radius 3 is 1.92 bits per heavy atom. The van der Waals surface area contributed by atoms with E-state index in [1.54, 1.807) is 18.2 Å². The fraction of sp³-hybridized carbons (Fsp3) is 0.100. The van der Waals surface area contributed by atoms with Crippen LogP contribution in [0.1, 0.15) is 31.8 Å². The van der Waals surface area contributed by atoms with E-state index in [-0.39, 0.29) is 5.69 Å². The van der Waals surface area contributed by atoms with Gasteiger partial charge in [0.15, 0.2) is 0 Å². The van der Waals surface area contributed by atoms with Crippen LogP contribution >= 0.6 is 0 Å². The van der Waals surface area contributed by atoms with Gasteiger partial charge in [0.1, 0.15) is 5.82 Å². The molecule has 2 amide bonds. The number of rotatable bonds is 1. The van der Waals surface area contributed by atoms with E-state index in [1.165, 1.54) is 29.3 Å². The van der Waals surface area contributed by atoms with E-state index in [9.17, 15) is 14.0 Å². The minimum atomic E-state index is -0.587. The first-order valence-corrected chi connectivity index (χ1v) is 7.87. The third kappa shape index (κ3) is 1.55. The van der Waals surface area contributed by atoms with Crippen LogP contribution in [0.25, 0.3) is 10.8 Å². The highest BCUT2D eigenvalue weighted by molar-refractivity contribution is 6.36. The summed E-state index contributed by atoms with van der Waals surface area (Å²) in [5.74, 6) is -1.52. The summed E-state index contributed by atoms with van der Waals surface area (Å²) in [4.78, 5) is 26.8. The molecule has 4 heteroatoms. The van der Waals surface area contributed by atoms with Gasteiger partial charge in [0.25, 0.3) is 11.8 Å². The van der Waals surface area contributed by atoms with Gasteiger partial charge < -0.3 is 0 Å². The Hall–Kier alpha value is -3.01. The number of aryl methyl sites for hydroxylation is 2. The topological polar surface area (TPSA) is 37.4 Å². The van der Waals surface area contributed by atoms with E-state index in [2.05, 4.69) is 0 Å². The van der Waals surface area contributed by atoms with Gasteiger partial charge in [-0.05, 0) is 53.6 Å². The van der Waals surface area contributed by atoms with E-state index < -0.39 is 17.6 Å². The van der Waals surface area contributed by atoms with Crippen LogP contribution in [0.2, 0.25) is 0 Å². The van der Waals surface area contributed by atoms with Gasteiger partial charge in [-0.3, -0.25) is 9.59 Å². The van der Waals surface area contributed by atoms with Gasteiger partial charge in [-0.2, -0.15) is 0 Å². The molecule has 0 saturated heterocycles. The van der Waals surface area contributed by atoms with Crippen molar-refractivity contribution in [1.29, 1.82) is 0 Å². The lowest BCUT2D eigenvalue weighted by atomic mass is 9.91. The number of imide groups is 1. The van der Waals surface area contributed by atoms with Crippen LogP contribution in [-0.2, 0) is 12.8 Å².